The summed E-state index contributed by atoms with van der Waals surface area (Å²) >= 11 is 7.13. The molecule has 0 spiro atoms. The fraction of sp³-hybridized carbons (Fsp3) is 0.545. The van der Waals surface area contributed by atoms with Crippen LogP contribution in [0.2, 0.25) is 0 Å². The van der Waals surface area contributed by atoms with Gasteiger partial charge >= 0.3 is 32.9 Å². The maximum absolute atomic E-state index is 13.6. The molecule has 222 valence electrons. The summed E-state index contributed by atoms with van der Waals surface area (Å²) in [4.78, 5) is 86.9. The number of oxime groups is 1. The number of thiazole rings is 1. The van der Waals surface area contributed by atoms with E-state index >= 15 is 0 Å². The van der Waals surface area contributed by atoms with Gasteiger partial charge in [-0.05, 0) is 13.8 Å². The average Bonchev–Trinajstić information content (AvgIpc) is 3.62. The summed E-state index contributed by atoms with van der Waals surface area (Å²) < 4.78 is 9.54. The van der Waals surface area contributed by atoms with Crippen LogP contribution >= 0.6 is 30.0 Å². The SMILES string of the molecule is [B]OC(=O)[C@@]1(N2CCN(N)C2=O)CN2C(=O)[C@@H](CC(=O)/C(=N\O[C@@H](CC(C)=O)C(=O)O[P+](C)=S)c3csc(C)n3)[C@H]2S1. The Bertz CT molecular complexity index is 1390. The number of hydrogen-bond donors (Lipinski definition) is 1. The number of ketones is 2. The van der Waals surface area contributed by atoms with Gasteiger partial charge in [-0.25, -0.2) is 24.9 Å². The maximum atomic E-state index is 13.6. The first-order valence-corrected chi connectivity index (χ1v) is 16.8. The molecule has 0 saturated carbocycles. The lowest BCUT2D eigenvalue weighted by Crippen LogP contribution is -2.60. The van der Waals surface area contributed by atoms with Gasteiger partial charge in [0.05, 0.1) is 35.8 Å². The molecule has 3 saturated heterocycles. The van der Waals surface area contributed by atoms with Gasteiger partial charge in [0.1, 0.15) is 18.1 Å². The lowest BCUT2D eigenvalue weighted by molar-refractivity contribution is -0.153. The zero-order chi connectivity index (χ0) is 30.9. The molecule has 0 bridgehead atoms. The van der Waals surface area contributed by atoms with Crippen molar-refractivity contribution in [2.24, 2.45) is 16.9 Å². The number of aromatic nitrogens is 1. The zero-order valence-electron chi connectivity index (χ0n) is 22.6. The first-order valence-electron chi connectivity index (χ1n) is 12.3. The number of carbonyl (C=O) groups is 6. The topological polar surface area (TPSA) is 191 Å². The molecule has 1 aromatic heterocycles. The summed E-state index contributed by atoms with van der Waals surface area (Å²) in [5.41, 5.74) is -0.124. The number of fused-ring (bicyclic) bond motifs is 1. The van der Waals surface area contributed by atoms with E-state index in [0.717, 1.165) is 16.8 Å². The van der Waals surface area contributed by atoms with Crippen LogP contribution in [-0.4, -0.2) is 112 Å². The molecule has 1 aromatic rings. The second kappa shape index (κ2) is 12.7. The molecule has 3 aliphatic rings. The molecule has 4 heterocycles. The third-order valence-corrected chi connectivity index (χ3v) is 9.78. The van der Waals surface area contributed by atoms with E-state index in [1.165, 1.54) is 34.7 Å². The second-order valence-electron chi connectivity index (χ2n) is 9.57. The van der Waals surface area contributed by atoms with Gasteiger partial charge < -0.3 is 14.4 Å². The van der Waals surface area contributed by atoms with Crippen molar-refractivity contribution in [1.82, 2.24) is 19.8 Å². The molecule has 0 aromatic carbocycles. The van der Waals surface area contributed by atoms with E-state index in [1.54, 1.807) is 12.3 Å². The Kier molecular flexibility index (Phi) is 9.67. The van der Waals surface area contributed by atoms with Crippen molar-refractivity contribution >= 4 is 91.0 Å². The predicted octanol–water partition coefficient (Wildman–Crippen LogP) is -0.0235. The molecule has 3 aliphatic heterocycles. The Balaban J connectivity index is 1.57. The Hall–Kier alpha value is -2.99. The molecule has 15 nitrogen and oxygen atoms in total. The number of carbonyl (C=O) groups excluding carboxylic acids is 6. The summed E-state index contributed by atoms with van der Waals surface area (Å²) in [5, 5.41) is 6.34. The monoisotopic (exact) mass is 655 g/mol. The average molecular weight is 655 g/mol. The van der Waals surface area contributed by atoms with Crippen LogP contribution < -0.4 is 5.84 Å². The number of urea groups is 1. The third kappa shape index (κ3) is 6.20. The summed E-state index contributed by atoms with van der Waals surface area (Å²) in [7, 11) is 5.19. The number of hydrogen-bond acceptors (Lipinski definition) is 15. The van der Waals surface area contributed by atoms with E-state index in [4.69, 9.17) is 35.1 Å². The number of nitrogens with two attached hydrogens (primary N) is 1. The van der Waals surface area contributed by atoms with Gasteiger partial charge in [0.25, 0.3) is 0 Å². The Labute approximate surface area is 255 Å². The van der Waals surface area contributed by atoms with Crippen LogP contribution in [0.15, 0.2) is 10.5 Å². The van der Waals surface area contributed by atoms with E-state index in [-0.39, 0.29) is 49.7 Å². The van der Waals surface area contributed by atoms with Crippen LogP contribution in [0.3, 0.4) is 0 Å². The van der Waals surface area contributed by atoms with Crippen LogP contribution in [0.25, 0.3) is 0 Å². The highest BCUT2D eigenvalue weighted by Crippen LogP contribution is 2.53. The first-order chi connectivity index (χ1) is 19.8. The number of aryl methyl sites for hydroxylation is 1. The smallest absolute Gasteiger partial charge is 0.404 e. The highest BCUT2D eigenvalue weighted by Gasteiger charge is 2.66. The quantitative estimate of drug-likeness (QED) is 0.0602. The van der Waals surface area contributed by atoms with Gasteiger partial charge in [-0.2, -0.15) is 0 Å². The molecular weight excluding hydrogens is 630 g/mol. The molecule has 4 rings (SSSR count). The summed E-state index contributed by atoms with van der Waals surface area (Å²) in [5.74, 6) is 1.50. The lowest BCUT2D eigenvalue weighted by atomic mass is 9.90. The van der Waals surface area contributed by atoms with Crippen LogP contribution in [-0.2, 0) is 49.8 Å². The van der Waals surface area contributed by atoms with Crippen molar-refractivity contribution in [2.75, 3.05) is 26.3 Å². The number of thioether (sulfide) groups is 1. The molecule has 42 heavy (non-hydrogen) atoms. The highest BCUT2D eigenvalue weighted by atomic mass is 32.4. The van der Waals surface area contributed by atoms with Gasteiger partial charge in [0, 0.05) is 18.3 Å². The molecule has 2 radical (unpaired) electrons. The number of β-lactam (4-membered cyclic amide) rings is 1. The number of Topliss-reactive ketones (excluding diaryl/α,β-unsaturated/α-hetero) is 2. The number of amides is 3. The summed E-state index contributed by atoms with van der Waals surface area (Å²) in [6.07, 6.45) is -2.18. The van der Waals surface area contributed by atoms with Crippen LogP contribution in [0.4, 0.5) is 4.79 Å². The van der Waals surface area contributed by atoms with Crippen molar-refractivity contribution < 1.29 is 42.8 Å². The molecule has 3 fully saturated rings. The number of nitrogens with zero attached hydrogens (tertiary/aromatic N) is 5. The van der Waals surface area contributed by atoms with Crippen LogP contribution in [0, 0.1) is 12.8 Å². The molecule has 3 amide bonds. The molecule has 1 unspecified atom stereocenters. The molecular formula is C22H25BN6O9PS3+. The first kappa shape index (κ1) is 31.9. The Morgan fingerprint density at radius 2 is 2.05 bits per heavy atom. The fourth-order valence-electron chi connectivity index (χ4n) is 4.65. The standard InChI is InChI=1S/C22H25BN6O9PS3/c1-10(30)6-15(19(33)38-39(3)40)37-26-16(13-8-41-11(2)25-13)14(31)7-12-17(32)27-9-22(20(34)36-23,42-18(12)27)28-4-5-29(24)21(28)35/h8,12,15,18H,4-7,9,24H2,1-3H3/q+1/b26-16-/t12-,15+,18-,22-/m1/s1. The lowest BCUT2D eigenvalue weighted by Gasteiger charge is -2.40. The Morgan fingerprint density at radius 3 is 2.60 bits per heavy atom. The maximum Gasteiger partial charge on any atom is 0.404 e. The minimum absolute atomic E-state index is 0.0996. The Morgan fingerprint density at radius 1 is 1.33 bits per heavy atom. The molecule has 0 aliphatic carbocycles. The molecule has 20 heteroatoms. The van der Waals surface area contributed by atoms with E-state index < -0.39 is 58.9 Å². The zero-order valence-corrected chi connectivity index (χ0v) is 25.9. The summed E-state index contributed by atoms with van der Waals surface area (Å²) in [6.45, 7) is 3.00. The normalized spacial score (nSPS) is 24.6. The van der Waals surface area contributed by atoms with E-state index in [0.29, 0.717) is 5.01 Å². The minimum Gasteiger partial charge on any atom is -0.541 e. The largest absolute Gasteiger partial charge is 0.541 e. The van der Waals surface area contributed by atoms with Crippen molar-refractivity contribution in [3.8, 4) is 0 Å². The second-order valence-corrected chi connectivity index (χ2v) is 14.6. The van der Waals surface area contributed by atoms with Crippen LogP contribution in [0.1, 0.15) is 30.5 Å². The summed E-state index contributed by atoms with van der Waals surface area (Å²) in [6, 6.07) is -0.633. The number of hydrazine groups is 1. The highest BCUT2D eigenvalue weighted by molar-refractivity contribution is 8.02. The van der Waals surface area contributed by atoms with E-state index in [1.807, 2.05) is 0 Å². The van der Waals surface area contributed by atoms with Gasteiger partial charge in [-0.15, -0.1) is 11.3 Å². The van der Waals surface area contributed by atoms with Gasteiger partial charge in [0.15, 0.2) is 11.5 Å². The molecule has 5 atom stereocenters. The fourth-order valence-corrected chi connectivity index (χ4v) is 7.58. The van der Waals surface area contributed by atoms with Crippen LogP contribution in [0.5, 0.6) is 0 Å². The van der Waals surface area contributed by atoms with Crippen molar-refractivity contribution in [3.05, 3.63) is 16.1 Å². The number of rotatable bonds is 12. The third-order valence-electron chi connectivity index (χ3n) is 6.61. The van der Waals surface area contributed by atoms with Crippen molar-refractivity contribution in [2.45, 2.75) is 43.0 Å². The van der Waals surface area contributed by atoms with Gasteiger partial charge in [-0.3, -0.25) is 29.1 Å². The van der Waals surface area contributed by atoms with Crippen molar-refractivity contribution in [3.63, 3.8) is 0 Å². The van der Waals surface area contributed by atoms with Gasteiger partial charge in [0.2, 0.25) is 28.7 Å². The van der Waals surface area contributed by atoms with E-state index in [9.17, 15) is 28.8 Å². The minimum atomic E-state index is -1.65. The van der Waals surface area contributed by atoms with Crippen molar-refractivity contribution in [1.29, 1.82) is 0 Å². The van der Waals surface area contributed by atoms with E-state index in [2.05, 4.69) is 14.8 Å². The predicted molar refractivity (Wildman–Crippen MR) is 154 cm³/mol. The van der Waals surface area contributed by atoms with Gasteiger partial charge in [-0.1, -0.05) is 16.9 Å². The molecule has 2 N–H and O–H groups in total.